The highest BCUT2D eigenvalue weighted by Gasteiger charge is 2.26. The number of carbonyl (C=O) groups is 1. The minimum atomic E-state index is -0.345. The molecule has 146 valence electrons. The van der Waals surface area contributed by atoms with Crippen molar-refractivity contribution in [2.45, 2.75) is 6.92 Å². The number of aromatic amines is 1. The second-order valence-electron chi connectivity index (χ2n) is 6.51. The minimum absolute atomic E-state index is 0.263. The van der Waals surface area contributed by atoms with Crippen LogP contribution in [0.15, 0.2) is 35.1 Å². The van der Waals surface area contributed by atoms with Crippen LogP contribution in [0.5, 0.6) is 5.75 Å². The van der Waals surface area contributed by atoms with Gasteiger partial charge in [-0.25, -0.2) is 4.98 Å². The molecule has 1 aliphatic rings. The summed E-state index contributed by atoms with van der Waals surface area (Å²) in [6.07, 6.45) is 0. The number of rotatable bonds is 4. The predicted molar refractivity (Wildman–Crippen MR) is 105 cm³/mol. The standard InChI is InChI=1S/C19H21N5O4/c1-12-11-15(25)24-17(20-12)16(18(22-24)23-7-9-28-10-8-23)19(26)21-13-3-5-14(27-2)6-4-13/h3-6,11,22H,7-10H2,1-2H3,(H,21,26). The van der Waals surface area contributed by atoms with Gasteiger partial charge in [0.1, 0.15) is 17.1 Å². The van der Waals surface area contributed by atoms with Crippen molar-refractivity contribution in [3.05, 3.63) is 51.9 Å². The van der Waals surface area contributed by atoms with E-state index in [1.807, 2.05) is 4.90 Å². The Morgan fingerprint density at radius 1 is 1.25 bits per heavy atom. The highest BCUT2D eigenvalue weighted by Crippen LogP contribution is 2.25. The Morgan fingerprint density at radius 3 is 2.64 bits per heavy atom. The number of aromatic nitrogens is 3. The van der Waals surface area contributed by atoms with Crippen LogP contribution in [-0.4, -0.2) is 53.9 Å². The molecular formula is C19H21N5O4. The molecule has 9 nitrogen and oxygen atoms in total. The van der Waals surface area contributed by atoms with E-state index in [0.717, 1.165) is 0 Å². The average molecular weight is 383 g/mol. The molecule has 1 saturated heterocycles. The van der Waals surface area contributed by atoms with Crippen LogP contribution in [-0.2, 0) is 4.74 Å². The first-order valence-corrected chi connectivity index (χ1v) is 8.97. The van der Waals surface area contributed by atoms with E-state index >= 15 is 0 Å². The number of H-pyrrole nitrogens is 1. The highest BCUT2D eigenvalue weighted by molar-refractivity contribution is 6.12. The molecule has 9 heteroatoms. The molecule has 1 aliphatic heterocycles. The van der Waals surface area contributed by atoms with Crippen LogP contribution >= 0.6 is 0 Å². The Kier molecular flexibility index (Phi) is 4.74. The first-order valence-electron chi connectivity index (χ1n) is 8.97. The SMILES string of the molecule is COc1ccc(NC(=O)c2c(N3CCOCC3)[nH]n3c(=O)cc(C)nc23)cc1. The predicted octanol–water partition coefficient (Wildman–Crippen LogP) is 1.43. The van der Waals surface area contributed by atoms with Gasteiger partial charge in [-0.1, -0.05) is 0 Å². The van der Waals surface area contributed by atoms with Gasteiger partial charge >= 0.3 is 0 Å². The molecule has 0 radical (unpaired) electrons. The summed E-state index contributed by atoms with van der Waals surface area (Å²) in [5.41, 5.74) is 1.54. The number of aryl methyl sites for hydroxylation is 1. The van der Waals surface area contributed by atoms with E-state index in [1.165, 1.54) is 10.6 Å². The van der Waals surface area contributed by atoms with Crippen molar-refractivity contribution in [3.8, 4) is 5.75 Å². The summed E-state index contributed by atoms with van der Waals surface area (Å²) in [7, 11) is 1.58. The van der Waals surface area contributed by atoms with E-state index in [2.05, 4.69) is 15.4 Å². The van der Waals surface area contributed by atoms with Crippen LogP contribution in [0.2, 0.25) is 0 Å². The number of anilines is 2. The third-order valence-corrected chi connectivity index (χ3v) is 4.63. The number of nitrogens with zero attached hydrogens (tertiary/aromatic N) is 3. The summed E-state index contributed by atoms with van der Waals surface area (Å²) in [6.45, 7) is 4.06. The molecule has 2 aromatic heterocycles. The number of hydrogen-bond donors (Lipinski definition) is 2. The van der Waals surface area contributed by atoms with Crippen molar-refractivity contribution >= 4 is 23.1 Å². The molecule has 1 aromatic carbocycles. The van der Waals surface area contributed by atoms with Crippen molar-refractivity contribution in [1.29, 1.82) is 0 Å². The summed E-state index contributed by atoms with van der Waals surface area (Å²) in [5, 5.41) is 5.92. The zero-order valence-electron chi connectivity index (χ0n) is 15.7. The van der Waals surface area contributed by atoms with E-state index in [4.69, 9.17) is 9.47 Å². The third kappa shape index (κ3) is 3.31. The van der Waals surface area contributed by atoms with Crippen LogP contribution in [0.4, 0.5) is 11.5 Å². The quantitative estimate of drug-likeness (QED) is 0.707. The van der Waals surface area contributed by atoms with Gasteiger partial charge in [0.05, 0.1) is 20.3 Å². The smallest absolute Gasteiger partial charge is 0.272 e. The van der Waals surface area contributed by atoms with Gasteiger partial charge in [-0.3, -0.25) is 14.7 Å². The Balaban J connectivity index is 1.78. The van der Waals surface area contributed by atoms with E-state index in [0.29, 0.717) is 60.5 Å². The second kappa shape index (κ2) is 7.35. The van der Waals surface area contributed by atoms with Crippen LogP contribution in [0.3, 0.4) is 0 Å². The molecule has 0 saturated carbocycles. The maximum atomic E-state index is 13.2. The fourth-order valence-electron chi connectivity index (χ4n) is 3.23. The van der Waals surface area contributed by atoms with Crippen molar-refractivity contribution in [1.82, 2.24) is 14.6 Å². The van der Waals surface area contributed by atoms with Gasteiger partial charge in [0.15, 0.2) is 5.65 Å². The first-order chi connectivity index (χ1) is 13.6. The average Bonchev–Trinajstić information content (AvgIpc) is 3.09. The van der Waals surface area contributed by atoms with Crippen molar-refractivity contribution in [2.75, 3.05) is 43.6 Å². The number of benzene rings is 1. The molecule has 0 aliphatic carbocycles. The highest BCUT2D eigenvalue weighted by atomic mass is 16.5. The molecule has 28 heavy (non-hydrogen) atoms. The van der Waals surface area contributed by atoms with E-state index in [-0.39, 0.29) is 11.5 Å². The van der Waals surface area contributed by atoms with Gasteiger partial charge < -0.3 is 19.7 Å². The molecule has 0 spiro atoms. The van der Waals surface area contributed by atoms with E-state index in [1.54, 1.807) is 38.3 Å². The summed E-state index contributed by atoms with van der Waals surface area (Å²) in [6, 6.07) is 8.47. The topological polar surface area (TPSA) is 101 Å². The van der Waals surface area contributed by atoms with Crippen molar-refractivity contribution in [2.24, 2.45) is 0 Å². The van der Waals surface area contributed by atoms with Crippen LogP contribution in [0.25, 0.3) is 5.65 Å². The maximum absolute atomic E-state index is 13.2. The summed E-state index contributed by atoms with van der Waals surface area (Å²) < 4.78 is 11.9. The van der Waals surface area contributed by atoms with Gasteiger partial charge in [0.2, 0.25) is 0 Å². The maximum Gasteiger partial charge on any atom is 0.272 e. The minimum Gasteiger partial charge on any atom is -0.497 e. The molecule has 0 unspecified atom stereocenters. The molecule has 3 heterocycles. The van der Waals surface area contributed by atoms with Gasteiger partial charge in [-0.15, -0.1) is 0 Å². The van der Waals surface area contributed by atoms with Crippen molar-refractivity contribution in [3.63, 3.8) is 0 Å². The first kappa shape index (κ1) is 18.1. The fourth-order valence-corrected chi connectivity index (χ4v) is 3.23. The molecule has 2 N–H and O–H groups in total. The number of fused-ring (bicyclic) bond motifs is 1. The number of methoxy groups -OCH3 is 1. The molecule has 0 atom stereocenters. The van der Waals surface area contributed by atoms with Gasteiger partial charge in [-0.05, 0) is 31.2 Å². The van der Waals surface area contributed by atoms with Crippen molar-refractivity contribution < 1.29 is 14.3 Å². The number of hydrogen-bond acceptors (Lipinski definition) is 6. The molecule has 3 aromatic rings. The molecular weight excluding hydrogens is 362 g/mol. The van der Waals surface area contributed by atoms with Gasteiger partial charge in [0.25, 0.3) is 11.5 Å². The van der Waals surface area contributed by atoms with E-state index < -0.39 is 0 Å². The Bertz CT molecular complexity index is 1060. The summed E-state index contributed by atoms with van der Waals surface area (Å²) in [5.74, 6) is 0.912. The lowest BCUT2D eigenvalue weighted by molar-refractivity contribution is 0.102. The number of amides is 1. The molecule has 1 amide bonds. The fraction of sp³-hybridized carbons (Fsp3) is 0.316. The number of nitrogens with one attached hydrogen (secondary N) is 2. The Labute approximate surface area is 160 Å². The van der Waals surface area contributed by atoms with Crippen LogP contribution in [0, 0.1) is 6.92 Å². The van der Waals surface area contributed by atoms with Gasteiger partial charge in [0, 0.05) is 30.5 Å². The zero-order valence-corrected chi connectivity index (χ0v) is 15.7. The van der Waals surface area contributed by atoms with Crippen LogP contribution in [0.1, 0.15) is 16.1 Å². The lowest BCUT2D eigenvalue weighted by atomic mass is 10.2. The number of morpholine rings is 1. The monoisotopic (exact) mass is 383 g/mol. The summed E-state index contributed by atoms with van der Waals surface area (Å²) >= 11 is 0. The zero-order chi connectivity index (χ0) is 19.7. The third-order valence-electron chi connectivity index (χ3n) is 4.63. The largest absolute Gasteiger partial charge is 0.497 e. The number of ether oxygens (including phenoxy) is 2. The molecule has 4 rings (SSSR count). The Morgan fingerprint density at radius 2 is 1.96 bits per heavy atom. The van der Waals surface area contributed by atoms with Crippen LogP contribution < -0.4 is 20.5 Å². The molecule has 1 fully saturated rings. The summed E-state index contributed by atoms with van der Waals surface area (Å²) in [4.78, 5) is 32.0. The van der Waals surface area contributed by atoms with E-state index in [9.17, 15) is 9.59 Å². The lowest BCUT2D eigenvalue weighted by Gasteiger charge is -2.28. The second-order valence-corrected chi connectivity index (χ2v) is 6.51. The molecule has 0 bridgehead atoms. The Hall–Kier alpha value is -3.33. The normalized spacial score (nSPS) is 14.3. The number of carbonyl (C=O) groups excluding carboxylic acids is 1. The van der Waals surface area contributed by atoms with Gasteiger partial charge in [-0.2, -0.15) is 4.52 Å². The lowest BCUT2D eigenvalue weighted by Crippen LogP contribution is -2.37.